The van der Waals surface area contributed by atoms with Crippen LogP contribution in [0.1, 0.15) is 85.3 Å². The third-order valence-electron chi connectivity index (χ3n) is 6.88. The van der Waals surface area contributed by atoms with E-state index < -0.39 is 5.67 Å². The Morgan fingerprint density at radius 1 is 1.25 bits per heavy atom. The van der Waals surface area contributed by atoms with Gasteiger partial charge in [-0.3, -0.25) is 9.98 Å². The minimum absolute atomic E-state index is 0.103. The lowest BCUT2D eigenvalue weighted by molar-refractivity contribution is 0.000112. The first-order valence-electron chi connectivity index (χ1n) is 12.1. The van der Waals surface area contributed by atoms with Crippen molar-refractivity contribution >= 4 is 11.4 Å². The minimum Gasteiger partial charge on any atom is -0.369 e. The average molecular weight is 441 g/mol. The predicted molar refractivity (Wildman–Crippen MR) is 134 cm³/mol. The molecular formula is C28H41FN2O. The molecule has 0 aromatic heterocycles. The molecule has 3 nitrogen and oxygen atoms in total. The van der Waals surface area contributed by atoms with Crippen LogP contribution in [0.3, 0.4) is 0 Å². The second kappa shape index (κ2) is 9.59. The third-order valence-corrected chi connectivity index (χ3v) is 6.88. The van der Waals surface area contributed by atoms with Crippen molar-refractivity contribution in [3.63, 3.8) is 0 Å². The maximum absolute atomic E-state index is 14.1. The van der Waals surface area contributed by atoms with E-state index in [-0.39, 0.29) is 29.6 Å². The predicted octanol–water partition coefficient (Wildman–Crippen LogP) is 6.79. The number of halogens is 1. The fourth-order valence-electron chi connectivity index (χ4n) is 4.57. The summed E-state index contributed by atoms with van der Waals surface area (Å²) in [5, 5.41) is 0. The van der Waals surface area contributed by atoms with Gasteiger partial charge in [-0.1, -0.05) is 58.0 Å². The molecule has 1 aliphatic carbocycles. The molecule has 0 bridgehead atoms. The normalized spacial score (nSPS) is 23.4. The molecular weight excluding hydrogens is 399 g/mol. The summed E-state index contributed by atoms with van der Waals surface area (Å²) in [7, 11) is 0. The summed E-state index contributed by atoms with van der Waals surface area (Å²) >= 11 is 0. The fourth-order valence-corrected chi connectivity index (χ4v) is 4.57. The minimum atomic E-state index is -1.28. The van der Waals surface area contributed by atoms with Gasteiger partial charge in [0.25, 0.3) is 0 Å². The molecule has 0 saturated heterocycles. The van der Waals surface area contributed by atoms with E-state index in [0.29, 0.717) is 13.0 Å². The lowest BCUT2D eigenvalue weighted by Crippen LogP contribution is -2.30. The molecule has 4 heteroatoms. The Labute approximate surface area is 194 Å². The van der Waals surface area contributed by atoms with Gasteiger partial charge in [0.1, 0.15) is 5.67 Å². The number of alkyl halides is 1. The number of dihydropyridines is 1. The van der Waals surface area contributed by atoms with Crippen LogP contribution < -0.4 is 0 Å². The van der Waals surface area contributed by atoms with E-state index in [0.717, 1.165) is 17.8 Å². The SMILES string of the molecule is CCC(C)(F)COC1C=CC(C(C)=NC(C)CC2(c3ccccc3C(C)(C)C)CC2)=NC1. The van der Waals surface area contributed by atoms with Crippen LogP contribution in [0.4, 0.5) is 4.39 Å². The van der Waals surface area contributed by atoms with E-state index in [1.54, 1.807) is 6.92 Å². The van der Waals surface area contributed by atoms with Crippen LogP contribution >= 0.6 is 0 Å². The van der Waals surface area contributed by atoms with Gasteiger partial charge in [-0.15, -0.1) is 0 Å². The molecule has 1 aromatic carbocycles. The van der Waals surface area contributed by atoms with Crippen molar-refractivity contribution in [3.8, 4) is 0 Å². The molecule has 3 rings (SSSR count). The van der Waals surface area contributed by atoms with Crippen molar-refractivity contribution in [2.75, 3.05) is 13.2 Å². The van der Waals surface area contributed by atoms with Crippen molar-refractivity contribution in [1.82, 2.24) is 0 Å². The van der Waals surface area contributed by atoms with Gasteiger partial charge in [-0.2, -0.15) is 0 Å². The molecule has 1 aliphatic heterocycles. The fraction of sp³-hybridized carbons (Fsp3) is 0.643. The number of ether oxygens (including phenoxy) is 1. The Hall–Kier alpha value is -1.81. The van der Waals surface area contributed by atoms with E-state index in [1.165, 1.54) is 24.0 Å². The zero-order valence-electron chi connectivity index (χ0n) is 21.0. The monoisotopic (exact) mass is 440 g/mol. The molecule has 0 spiro atoms. The smallest absolute Gasteiger partial charge is 0.131 e. The molecule has 3 unspecified atom stereocenters. The van der Waals surface area contributed by atoms with Crippen LogP contribution in [0.15, 0.2) is 46.4 Å². The van der Waals surface area contributed by atoms with Crippen molar-refractivity contribution in [3.05, 3.63) is 47.5 Å². The van der Waals surface area contributed by atoms with Gasteiger partial charge in [-0.25, -0.2) is 4.39 Å². The number of rotatable bonds is 9. The Kier molecular flexibility index (Phi) is 7.44. The molecule has 2 aliphatic rings. The Bertz CT molecular complexity index is 887. The summed E-state index contributed by atoms with van der Waals surface area (Å²) in [5.41, 5.74) is 3.97. The standard InChI is InChI=1S/C28H41FN2O/c1-8-27(7,29)19-32-22-13-14-25(30-18-22)21(3)31-20(2)17-28(15-16-28)24-12-10-9-11-23(24)26(4,5)6/h9-14,20,22H,8,15-19H2,1-7H3. The van der Waals surface area contributed by atoms with Crippen molar-refractivity contribution in [2.45, 2.75) is 103 Å². The van der Waals surface area contributed by atoms with Crippen LogP contribution in [0.2, 0.25) is 0 Å². The quantitative estimate of drug-likeness (QED) is 0.389. The van der Waals surface area contributed by atoms with E-state index in [9.17, 15) is 4.39 Å². The van der Waals surface area contributed by atoms with E-state index in [1.807, 2.05) is 26.0 Å². The van der Waals surface area contributed by atoms with Crippen molar-refractivity contribution < 1.29 is 9.13 Å². The summed E-state index contributed by atoms with van der Waals surface area (Å²) in [5.74, 6) is 0. The van der Waals surface area contributed by atoms with Gasteiger partial charge in [0, 0.05) is 6.04 Å². The highest BCUT2D eigenvalue weighted by Crippen LogP contribution is 2.54. The molecule has 32 heavy (non-hydrogen) atoms. The Balaban J connectivity index is 1.62. The van der Waals surface area contributed by atoms with Gasteiger partial charge in [0.2, 0.25) is 0 Å². The highest BCUT2D eigenvalue weighted by molar-refractivity contribution is 6.46. The number of benzene rings is 1. The van der Waals surface area contributed by atoms with Crippen LogP contribution in [-0.4, -0.2) is 42.4 Å². The summed E-state index contributed by atoms with van der Waals surface area (Å²) in [4.78, 5) is 9.66. The summed E-state index contributed by atoms with van der Waals surface area (Å²) < 4.78 is 19.8. The van der Waals surface area contributed by atoms with E-state index in [2.05, 4.69) is 57.0 Å². The van der Waals surface area contributed by atoms with Gasteiger partial charge >= 0.3 is 0 Å². The number of nitrogens with zero attached hydrogens (tertiary/aromatic N) is 2. The lowest BCUT2D eigenvalue weighted by atomic mass is 9.77. The lowest BCUT2D eigenvalue weighted by Gasteiger charge is -2.28. The number of aliphatic imine (C=N–C) groups is 2. The zero-order valence-corrected chi connectivity index (χ0v) is 21.0. The highest BCUT2D eigenvalue weighted by Gasteiger charge is 2.47. The zero-order chi connectivity index (χ0) is 23.6. The summed E-state index contributed by atoms with van der Waals surface area (Å²) in [6.07, 6.45) is 7.79. The Morgan fingerprint density at radius 2 is 1.94 bits per heavy atom. The van der Waals surface area contributed by atoms with Crippen LogP contribution in [-0.2, 0) is 15.6 Å². The molecule has 0 radical (unpaired) electrons. The summed E-state index contributed by atoms with van der Waals surface area (Å²) in [6.45, 7) is 15.2. The van der Waals surface area contributed by atoms with Crippen LogP contribution in [0.25, 0.3) is 0 Å². The second-order valence-electron chi connectivity index (χ2n) is 11.0. The first-order chi connectivity index (χ1) is 15.0. The van der Waals surface area contributed by atoms with E-state index in [4.69, 9.17) is 9.73 Å². The van der Waals surface area contributed by atoms with Gasteiger partial charge < -0.3 is 4.74 Å². The molecule has 1 saturated carbocycles. The van der Waals surface area contributed by atoms with Crippen molar-refractivity contribution in [1.29, 1.82) is 0 Å². The second-order valence-corrected chi connectivity index (χ2v) is 11.0. The summed E-state index contributed by atoms with van der Waals surface area (Å²) in [6, 6.07) is 9.18. The van der Waals surface area contributed by atoms with Gasteiger partial charge in [-0.05, 0) is 74.5 Å². The van der Waals surface area contributed by atoms with Crippen LogP contribution in [0, 0.1) is 0 Å². The molecule has 3 atom stereocenters. The molecule has 0 amide bonds. The molecule has 1 fully saturated rings. The Morgan fingerprint density at radius 3 is 2.50 bits per heavy atom. The molecule has 1 aromatic rings. The molecule has 176 valence electrons. The highest BCUT2D eigenvalue weighted by atomic mass is 19.1. The van der Waals surface area contributed by atoms with Gasteiger partial charge in [0.15, 0.2) is 0 Å². The first kappa shape index (κ1) is 24.8. The largest absolute Gasteiger partial charge is 0.369 e. The number of hydrogen-bond acceptors (Lipinski definition) is 3. The van der Waals surface area contributed by atoms with E-state index >= 15 is 0 Å². The van der Waals surface area contributed by atoms with Crippen molar-refractivity contribution in [2.24, 2.45) is 9.98 Å². The third kappa shape index (κ3) is 6.15. The molecule has 1 heterocycles. The first-order valence-corrected chi connectivity index (χ1v) is 12.1. The maximum atomic E-state index is 14.1. The average Bonchev–Trinajstić information content (AvgIpc) is 3.52. The molecule has 0 N–H and O–H groups in total. The topological polar surface area (TPSA) is 34.0 Å². The number of allylic oxidation sites excluding steroid dienone is 1. The maximum Gasteiger partial charge on any atom is 0.131 e. The van der Waals surface area contributed by atoms with Crippen LogP contribution in [0.5, 0.6) is 0 Å². The number of hydrogen-bond donors (Lipinski definition) is 0. The van der Waals surface area contributed by atoms with Gasteiger partial charge in [0.05, 0.1) is 30.7 Å².